The van der Waals surface area contributed by atoms with Crippen LogP contribution < -0.4 is 14.9 Å². The molecule has 0 unspecified atom stereocenters. The SMILES string of the molecule is COc1cc(/C=N\NC(=O)CN2CCCCC2)cc(Br)c1OCc1ccccc1. The molecule has 0 bridgehead atoms. The standard InChI is InChI=1S/C22H26BrN3O3/c1-28-20-13-18(14-24-25-21(27)15-26-10-6-3-7-11-26)12-19(23)22(20)29-16-17-8-4-2-5-9-17/h2,4-5,8-9,12-14H,3,6-7,10-11,15-16H2,1H3,(H,25,27)/b24-14-. The van der Waals surface area contributed by atoms with Gasteiger partial charge in [0.05, 0.1) is 24.3 Å². The molecule has 1 fully saturated rings. The molecule has 0 spiro atoms. The van der Waals surface area contributed by atoms with E-state index in [0.717, 1.165) is 41.5 Å². The van der Waals surface area contributed by atoms with Crippen molar-refractivity contribution >= 4 is 28.1 Å². The summed E-state index contributed by atoms with van der Waals surface area (Å²) >= 11 is 3.54. The highest BCUT2D eigenvalue weighted by Gasteiger charge is 2.14. The first-order valence-electron chi connectivity index (χ1n) is 9.74. The molecule has 1 aliphatic rings. The number of ether oxygens (including phenoxy) is 2. The van der Waals surface area contributed by atoms with Gasteiger partial charge in [-0.05, 0) is 65.1 Å². The molecule has 2 aromatic carbocycles. The monoisotopic (exact) mass is 459 g/mol. The molecule has 3 rings (SSSR count). The van der Waals surface area contributed by atoms with Gasteiger partial charge in [-0.3, -0.25) is 9.69 Å². The molecule has 7 heteroatoms. The second-order valence-corrected chi connectivity index (χ2v) is 7.79. The number of hydrazone groups is 1. The number of nitrogens with zero attached hydrogens (tertiary/aromatic N) is 2. The van der Waals surface area contributed by atoms with Crippen molar-refractivity contribution < 1.29 is 14.3 Å². The van der Waals surface area contributed by atoms with Gasteiger partial charge in [-0.1, -0.05) is 36.8 Å². The van der Waals surface area contributed by atoms with E-state index in [9.17, 15) is 4.79 Å². The Morgan fingerprint density at radius 2 is 1.97 bits per heavy atom. The van der Waals surface area contributed by atoms with Gasteiger partial charge in [0, 0.05) is 0 Å². The van der Waals surface area contributed by atoms with Crippen LogP contribution in [0.5, 0.6) is 11.5 Å². The molecule has 2 aromatic rings. The summed E-state index contributed by atoms with van der Waals surface area (Å²) in [6.07, 6.45) is 5.16. The lowest BCUT2D eigenvalue weighted by Crippen LogP contribution is -2.38. The minimum Gasteiger partial charge on any atom is -0.493 e. The van der Waals surface area contributed by atoms with Crippen LogP contribution in [0.3, 0.4) is 0 Å². The predicted molar refractivity (Wildman–Crippen MR) is 117 cm³/mol. The number of nitrogens with one attached hydrogen (secondary N) is 1. The van der Waals surface area contributed by atoms with Crippen LogP contribution in [0.1, 0.15) is 30.4 Å². The van der Waals surface area contributed by atoms with Crippen LogP contribution in [0.15, 0.2) is 52.0 Å². The normalized spacial score (nSPS) is 14.7. The maximum Gasteiger partial charge on any atom is 0.254 e. The summed E-state index contributed by atoms with van der Waals surface area (Å²) in [7, 11) is 1.60. The van der Waals surface area contributed by atoms with Crippen molar-refractivity contribution in [2.75, 3.05) is 26.7 Å². The van der Waals surface area contributed by atoms with Gasteiger partial charge in [-0.25, -0.2) is 5.43 Å². The maximum atomic E-state index is 12.0. The van der Waals surface area contributed by atoms with Crippen LogP contribution in [-0.2, 0) is 11.4 Å². The van der Waals surface area contributed by atoms with Crippen LogP contribution in [-0.4, -0.2) is 43.8 Å². The Morgan fingerprint density at radius 3 is 2.69 bits per heavy atom. The average Bonchev–Trinajstić information content (AvgIpc) is 2.74. The van der Waals surface area contributed by atoms with Crippen LogP contribution in [0, 0.1) is 0 Å². The first-order valence-corrected chi connectivity index (χ1v) is 10.5. The van der Waals surface area contributed by atoms with E-state index in [1.807, 2.05) is 42.5 Å². The summed E-state index contributed by atoms with van der Waals surface area (Å²) < 4.78 is 12.2. The Morgan fingerprint density at radius 1 is 1.21 bits per heavy atom. The number of piperidine rings is 1. The fraction of sp³-hybridized carbons (Fsp3) is 0.364. The van der Waals surface area contributed by atoms with Crippen molar-refractivity contribution in [3.8, 4) is 11.5 Å². The summed E-state index contributed by atoms with van der Waals surface area (Å²) in [6.45, 7) is 2.78. The number of hydrogen-bond donors (Lipinski definition) is 1. The number of amides is 1. The predicted octanol–water partition coefficient (Wildman–Crippen LogP) is 3.97. The first-order chi connectivity index (χ1) is 14.2. The summed E-state index contributed by atoms with van der Waals surface area (Å²) in [6, 6.07) is 13.6. The van der Waals surface area contributed by atoms with Gasteiger partial charge in [0.15, 0.2) is 11.5 Å². The second kappa shape index (κ2) is 11.0. The highest BCUT2D eigenvalue weighted by Crippen LogP contribution is 2.36. The number of hydrogen-bond acceptors (Lipinski definition) is 5. The van der Waals surface area contributed by atoms with E-state index < -0.39 is 0 Å². The van der Waals surface area contributed by atoms with Crippen molar-refractivity contribution in [3.05, 3.63) is 58.1 Å². The molecule has 0 radical (unpaired) electrons. The highest BCUT2D eigenvalue weighted by molar-refractivity contribution is 9.10. The lowest BCUT2D eigenvalue weighted by Gasteiger charge is -2.25. The van der Waals surface area contributed by atoms with E-state index in [2.05, 4.69) is 31.4 Å². The third kappa shape index (κ3) is 6.58. The van der Waals surface area contributed by atoms with Gasteiger partial charge < -0.3 is 9.47 Å². The molecule has 29 heavy (non-hydrogen) atoms. The van der Waals surface area contributed by atoms with Crippen molar-refractivity contribution in [3.63, 3.8) is 0 Å². The Hall–Kier alpha value is -2.38. The molecular weight excluding hydrogens is 434 g/mol. The van der Waals surface area contributed by atoms with E-state index in [0.29, 0.717) is 24.7 Å². The zero-order chi connectivity index (χ0) is 20.5. The molecule has 6 nitrogen and oxygen atoms in total. The summed E-state index contributed by atoms with van der Waals surface area (Å²) in [5.74, 6) is 1.12. The quantitative estimate of drug-likeness (QED) is 0.479. The minimum atomic E-state index is -0.100. The lowest BCUT2D eigenvalue weighted by molar-refractivity contribution is -0.122. The Bertz CT molecular complexity index is 837. The molecule has 0 atom stereocenters. The number of carbonyl (C=O) groups excluding carboxylic acids is 1. The van der Waals surface area contributed by atoms with Crippen molar-refractivity contribution in [1.82, 2.24) is 10.3 Å². The van der Waals surface area contributed by atoms with E-state index in [1.54, 1.807) is 13.3 Å². The number of halogens is 1. The van der Waals surface area contributed by atoms with Crippen LogP contribution in [0.25, 0.3) is 0 Å². The number of benzene rings is 2. The van der Waals surface area contributed by atoms with Gasteiger partial charge >= 0.3 is 0 Å². The zero-order valence-electron chi connectivity index (χ0n) is 16.6. The molecule has 1 heterocycles. The fourth-order valence-corrected chi connectivity index (χ4v) is 3.79. The van der Waals surface area contributed by atoms with E-state index in [-0.39, 0.29) is 5.91 Å². The topological polar surface area (TPSA) is 63.2 Å². The van der Waals surface area contributed by atoms with Crippen LogP contribution in [0.4, 0.5) is 0 Å². The van der Waals surface area contributed by atoms with Gasteiger partial charge in [-0.2, -0.15) is 5.10 Å². The van der Waals surface area contributed by atoms with Gasteiger partial charge in [0.1, 0.15) is 6.61 Å². The number of likely N-dealkylation sites (tertiary alicyclic amines) is 1. The van der Waals surface area contributed by atoms with Gasteiger partial charge in [0.25, 0.3) is 5.91 Å². The van der Waals surface area contributed by atoms with Crippen LogP contribution in [0.2, 0.25) is 0 Å². The molecule has 0 aliphatic carbocycles. The maximum absolute atomic E-state index is 12.0. The van der Waals surface area contributed by atoms with Crippen molar-refractivity contribution in [2.45, 2.75) is 25.9 Å². The molecule has 1 aliphatic heterocycles. The Labute approximate surface area is 180 Å². The fourth-order valence-electron chi connectivity index (χ4n) is 3.22. The molecular formula is C22H26BrN3O3. The molecule has 1 saturated heterocycles. The third-order valence-electron chi connectivity index (χ3n) is 4.70. The number of rotatable bonds is 8. The second-order valence-electron chi connectivity index (χ2n) is 6.94. The van der Waals surface area contributed by atoms with Gasteiger partial charge in [0.2, 0.25) is 0 Å². The summed E-state index contributed by atoms with van der Waals surface area (Å²) in [4.78, 5) is 14.2. The first kappa shape index (κ1) is 21.3. The molecule has 154 valence electrons. The third-order valence-corrected chi connectivity index (χ3v) is 5.29. The number of methoxy groups -OCH3 is 1. The van der Waals surface area contributed by atoms with Gasteiger partial charge in [-0.15, -0.1) is 0 Å². The molecule has 1 amide bonds. The van der Waals surface area contributed by atoms with Crippen molar-refractivity contribution in [1.29, 1.82) is 0 Å². The summed E-state index contributed by atoms with van der Waals surface area (Å²) in [5, 5.41) is 4.08. The van der Waals surface area contributed by atoms with E-state index in [4.69, 9.17) is 9.47 Å². The number of carbonyl (C=O) groups is 1. The van der Waals surface area contributed by atoms with E-state index in [1.165, 1.54) is 6.42 Å². The van der Waals surface area contributed by atoms with Crippen molar-refractivity contribution in [2.24, 2.45) is 5.10 Å². The lowest BCUT2D eigenvalue weighted by atomic mass is 10.1. The molecule has 0 aromatic heterocycles. The molecule has 1 N–H and O–H groups in total. The van der Waals surface area contributed by atoms with Crippen LogP contribution >= 0.6 is 15.9 Å². The Kier molecular flexibility index (Phi) is 8.07. The smallest absolute Gasteiger partial charge is 0.254 e. The zero-order valence-corrected chi connectivity index (χ0v) is 18.2. The largest absolute Gasteiger partial charge is 0.493 e. The Balaban J connectivity index is 1.58. The van der Waals surface area contributed by atoms with E-state index >= 15 is 0 Å². The highest BCUT2D eigenvalue weighted by atomic mass is 79.9. The minimum absolute atomic E-state index is 0.100. The summed E-state index contributed by atoms with van der Waals surface area (Å²) in [5.41, 5.74) is 4.46. The molecule has 0 saturated carbocycles. The average molecular weight is 460 g/mol.